The summed E-state index contributed by atoms with van der Waals surface area (Å²) in [6.45, 7) is 0.608. The molecule has 0 saturated heterocycles. The van der Waals surface area contributed by atoms with Crippen molar-refractivity contribution < 1.29 is 0 Å². The molecule has 0 spiro atoms. The molecule has 0 N–H and O–H groups in total. The molecule has 78 valence electrons. The molecule has 2 heterocycles. The highest BCUT2D eigenvalue weighted by molar-refractivity contribution is 9.10. The van der Waals surface area contributed by atoms with Gasteiger partial charge in [-0.25, -0.2) is 0 Å². The van der Waals surface area contributed by atoms with Crippen LogP contribution >= 0.6 is 43.2 Å². The minimum Gasteiger partial charge on any atom is -0.309 e. The fraction of sp³-hybridized carbons (Fsp3) is 0.100. The van der Waals surface area contributed by atoms with Crippen molar-refractivity contribution >= 4 is 43.2 Å². The average molecular weight is 349 g/mol. The van der Waals surface area contributed by atoms with Crippen LogP contribution in [0.1, 0.15) is 4.88 Å². The second kappa shape index (κ2) is 4.63. The van der Waals surface area contributed by atoms with E-state index in [-0.39, 0.29) is 5.56 Å². The highest BCUT2D eigenvalue weighted by Crippen LogP contribution is 2.23. The van der Waals surface area contributed by atoms with Gasteiger partial charge in [-0.2, -0.15) is 0 Å². The van der Waals surface area contributed by atoms with E-state index in [1.807, 2.05) is 11.4 Å². The molecule has 2 nitrogen and oxygen atoms in total. The van der Waals surface area contributed by atoms with Crippen LogP contribution in [0, 0.1) is 0 Å². The maximum absolute atomic E-state index is 11.5. The standard InChI is InChI=1S/C10H7Br2NOS/c11-7-1-2-10(14)13(5-7)6-9-8(12)3-4-15-9/h1-5H,6H2. The van der Waals surface area contributed by atoms with E-state index in [4.69, 9.17) is 0 Å². The van der Waals surface area contributed by atoms with E-state index >= 15 is 0 Å². The van der Waals surface area contributed by atoms with E-state index < -0.39 is 0 Å². The number of rotatable bonds is 2. The van der Waals surface area contributed by atoms with E-state index in [1.54, 1.807) is 34.2 Å². The average Bonchev–Trinajstić information content (AvgIpc) is 2.58. The molecule has 2 aromatic rings. The van der Waals surface area contributed by atoms with E-state index in [2.05, 4.69) is 31.9 Å². The Morgan fingerprint density at radius 3 is 2.73 bits per heavy atom. The molecule has 0 aliphatic carbocycles. The predicted octanol–water partition coefficient (Wildman–Crippen LogP) is 3.48. The molecular formula is C10H7Br2NOS. The number of nitrogens with zero attached hydrogens (tertiary/aromatic N) is 1. The van der Waals surface area contributed by atoms with Crippen LogP contribution in [0.3, 0.4) is 0 Å². The van der Waals surface area contributed by atoms with E-state index in [1.165, 1.54) is 0 Å². The van der Waals surface area contributed by atoms with Gasteiger partial charge in [0.25, 0.3) is 5.56 Å². The number of hydrogen-bond acceptors (Lipinski definition) is 2. The summed E-state index contributed by atoms with van der Waals surface area (Å²) >= 11 is 8.44. The summed E-state index contributed by atoms with van der Waals surface area (Å²) in [4.78, 5) is 12.7. The molecule has 0 aliphatic heterocycles. The first-order chi connectivity index (χ1) is 7.16. The minimum absolute atomic E-state index is 0.0125. The largest absolute Gasteiger partial charge is 0.309 e. The fourth-order valence-electron chi connectivity index (χ4n) is 1.22. The Kier molecular flexibility index (Phi) is 3.43. The van der Waals surface area contributed by atoms with Crippen LogP contribution in [0.4, 0.5) is 0 Å². The SMILES string of the molecule is O=c1ccc(Br)cn1Cc1sccc1Br. The maximum atomic E-state index is 11.5. The van der Waals surface area contributed by atoms with E-state index in [0.29, 0.717) is 6.54 Å². The molecular weight excluding hydrogens is 342 g/mol. The highest BCUT2D eigenvalue weighted by Gasteiger charge is 2.03. The van der Waals surface area contributed by atoms with Crippen molar-refractivity contribution in [1.82, 2.24) is 4.57 Å². The third kappa shape index (κ3) is 2.59. The number of hydrogen-bond donors (Lipinski definition) is 0. The second-order valence-corrected chi connectivity index (χ2v) is 5.78. The molecule has 2 rings (SSSR count). The number of aromatic nitrogens is 1. The number of thiophene rings is 1. The number of pyridine rings is 1. The molecule has 0 atom stereocenters. The van der Waals surface area contributed by atoms with Crippen molar-refractivity contribution in [3.05, 3.63) is 54.0 Å². The van der Waals surface area contributed by atoms with Crippen molar-refractivity contribution in [2.24, 2.45) is 0 Å². The fourth-order valence-corrected chi connectivity index (χ4v) is 3.07. The van der Waals surface area contributed by atoms with Gasteiger partial charge in [0, 0.05) is 26.1 Å². The second-order valence-electron chi connectivity index (χ2n) is 3.01. The number of halogens is 2. The Bertz CT molecular complexity index is 532. The van der Waals surface area contributed by atoms with Gasteiger partial charge < -0.3 is 4.57 Å². The van der Waals surface area contributed by atoms with Gasteiger partial charge in [-0.1, -0.05) is 0 Å². The van der Waals surface area contributed by atoms with Gasteiger partial charge in [-0.3, -0.25) is 4.79 Å². The van der Waals surface area contributed by atoms with Crippen molar-refractivity contribution in [2.45, 2.75) is 6.54 Å². The summed E-state index contributed by atoms with van der Waals surface area (Å²) in [6.07, 6.45) is 1.80. The zero-order chi connectivity index (χ0) is 10.8. The Morgan fingerprint density at radius 1 is 1.27 bits per heavy atom. The molecule has 0 fully saturated rings. The van der Waals surface area contributed by atoms with Crippen LogP contribution in [-0.2, 0) is 6.54 Å². The molecule has 0 amide bonds. The lowest BCUT2D eigenvalue weighted by molar-refractivity contribution is 0.764. The summed E-state index contributed by atoms with van der Waals surface area (Å²) in [5.41, 5.74) is 0.0125. The van der Waals surface area contributed by atoms with Crippen LogP contribution in [0.25, 0.3) is 0 Å². The topological polar surface area (TPSA) is 22.0 Å². The molecule has 0 aromatic carbocycles. The quantitative estimate of drug-likeness (QED) is 0.814. The third-order valence-corrected chi connectivity index (χ3v) is 4.33. The Balaban J connectivity index is 2.36. The lowest BCUT2D eigenvalue weighted by Gasteiger charge is -2.04. The van der Waals surface area contributed by atoms with Gasteiger partial charge in [0.2, 0.25) is 0 Å². The zero-order valence-electron chi connectivity index (χ0n) is 7.61. The van der Waals surface area contributed by atoms with Crippen molar-refractivity contribution in [3.63, 3.8) is 0 Å². The smallest absolute Gasteiger partial charge is 0.250 e. The lowest BCUT2D eigenvalue weighted by atomic mass is 10.4. The molecule has 2 aromatic heterocycles. The molecule has 0 unspecified atom stereocenters. The Hall–Kier alpha value is -0.390. The summed E-state index contributed by atoms with van der Waals surface area (Å²) in [5.74, 6) is 0. The Morgan fingerprint density at radius 2 is 2.07 bits per heavy atom. The van der Waals surface area contributed by atoms with Crippen LogP contribution in [0.2, 0.25) is 0 Å². The third-order valence-electron chi connectivity index (χ3n) is 1.95. The molecule has 5 heteroatoms. The van der Waals surface area contributed by atoms with E-state index in [0.717, 1.165) is 13.8 Å². The molecule has 0 radical (unpaired) electrons. The molecule has 0 aliphatic rings. The molecule has 15 heavy (non-hydrogen) atoms. The Labute approximate surface area is 108 Å². The summed E-state index contributed by atoms with van der Waals surface area (Å²) in [6, 6.07) is 5.30. The first-order valence-corrected chi connectivity index (χ1v) is 6.71. The van der Waals surface area contributed by atoms with Crippen molar-refractivity contribution in [3.8, 4) is 0 Å². The zero-order valence-corrected chi connectivity index (χ0v) is 11.6. The normalized spacial score (nSPS) is 10.5. The summed E-state index contributed by atoms with van der Waals surface area (Å²) in [5, 5.41) is 2.00. The van der Waals surface area contributed by atoms with Gasteiger partial charge in [0.1, 0.15) is 0 Å². The van der Waals surface area contributed by atoms with Crippen LogP contribution in [0.5, 0.6) is 0 Å². The van der Waals surface area contributed by atoms with Gasteiger partial charge in [-0.05, 0) is 49.4 Å². The first kappa shape index (κ1) is 11.1. The summed E-state index contributed by atoms with van der Waals surface area (Å²) in [7, 11) is 0. The lowest BCUT2D eigenvalue weighted by Crippen LogP contribution is -2.18. The van der Waals surface area contributed by atoms with Crippen LogP contribution in [-0.4, -0.2) is 4.57 Å². The van der Waals surface area contributed by atoms with Crippen molar-refractivity contribution in [1.29, 1.82) is 0 Å². The molecule has 0 bridgehead atoms. The van der Waals surface area contributed by atoms with Gasteiger partial charge in [-0.15, -0.1) is 11.3 Å². The monoisotopic (exact) mass is 347 g/mol. The predicted molar refractivity (Wildman–Crippen MR) is 69.5 cm³/mol. The van der Waals surface area contributed by atoms with Gasteiger partial charge in [0.05, 0.1) is 6.54 Å². The molecule has 0 saturated carbocycles. The van der Waals surface area contributed by atoms with Crippen molar-refractivity contribution in [2.75, 3.05) is 0 Å². The van der Waals surface area contributed by atoms with Crippen LogP contribution < -0.4 is 5.56 Å². The highest BCUT2D eigenvalue weighted by atomic mass is 79.9. The minimum atomic E-state index is 0.0125. The van der Waals surface area contributed by atoms with Gasteiger partial charge in [0.15, 0.2) is 0 Å². The van der Waals surface area contributed by atoms with E-state index in [9.17, 15) is 4.79 Å². The van der Waals surface area contributed by atoms with Gasteiger partial charge >= 0.3 is 0 Å². The first-order valence-electron chi connectivity index (χ1n) is 4.24. The summed E-state index contributed by atoms with van der Waals surface area (Å²) < 4.78 is 3.65. The maximum Gasteiger partial charge on any atom is 0.250 e. The van der Waals surface area contributed by atoms with Crippen LogP contribution in [0.15, 0.2) is 43.5 Å².